The summed E-state index contributed by atoms with van der Waals surface area (Å²) in [5, 5.41) is 2.75. The molecule has 0 aliphatic carbocycles. The van der Waals surface area contributed by atoms with Gasteiger partial charge in [0.05, 0.1) is 6.04 Å². The van der Waals surface area contributed by atoms with Crippen molar-refractivity contribution in [2.75, 3.05) is 13.1 Å². The highest BCUT2D eigenvalue weighted by Gasteiger charge is 2.32. The van der Waals surface area contributed by atoms with Crippen LogP contribution in [0.15, 0.2) is 0 Å². The van der Waals surface area contributed by atoms with Gasteiger partial charge < -0.3 is 10.2 Å². The summed E-state index contributed by atoms with van der Waals surface area (Å²) in [5.41, 5.74) is 0.0811. The van der Waals surface area contributed by atoms with Crippen molar-refractivity contribution in [2.45, 2.75) is 40.2 Å². The molecule has 1 aliphatic rings. The summed E-state index contributed by atoms with van der Waals surface area (Å²) in [5.74, 6) is 4.77. The van der Waals surface area contributed by atoms with Crippen LogP contribution in [0.25, 0.3) is 0 Å². The maximum absolute atomic E-state index is 11.7. The summed E-state index contributed by atoms with van der Waals surface area (Å²) < 4.78 is 0. The van der Waals surface area contributed by atoms with Gasteiger partial charge in [-0.05, 0) is 18.3 Å². The lowest BCUT2D eigenvalue weighted by Gasteiger charge is -2.26. The summed E-state index contributed by atoms with van der Waals surface area (Å²) in [6.07, 6.45) is 0.382. The number of hydrogen-bond acceptors (Lipinski definition) is 2. The van der Waals surface area contributed by atoms with Crippen molar-refractivity contribution in [3.63, 3.8) is 0 Å². The maximum Gasteiger partial charge on any atom is 0.296 e. The topological polar surface area (TPSA) is 49.4 Å². The molecule has 0 radical (unpaired) electrons. The first-order chi connectivity index (χ1) is 7.81. The van der Waals surface area contributed by atoms with E-state index < -0.39 is 0 Å². The van der Waals surface area contributed by atoms with Gasteiger partial charge >= 0.3 is 0 Å². The third-order valence-corrected chi connectivity index (χ3v) is 2.45. The molecule has 0 spiro atoms. The third kappa shape index (κ3) is 4.48. The molecule has 0 aromatic rings. The van der Waals surface area contributed by atoms with Gasteiger partial charge in [0, 0.05) is 19.5 Å². The van der Waals surface area contributed by atoms with E-state index in [1.54, 1.807) is 6.92 Å². The zero-order valence-corrected chi connectivity index (χ0v) is 11.0. The number of nitrogens with zero attached hydrogens (tertiary/aromatic N) is 1. The lowest BCUT2D eigenvalue weighted by atomic mass is 9.96. The first-order valence-electron chi connectivity index (χ1n) is 5.83. The molecule has 0 bridgehead atoms. The molecule has 1 heterocycles. The van der Waals surface area contributed by atoms with Crippen molar-refractivity contribution >= 4 is 11.8 Å². The molecule has 0 unspecified atom stereocenters. The molecule has 4 nitrogen and oxygen atoms in total. The second kappa shape index (κ2) is 5.22. The smallest absolute Gasteiger partial charge is 0.296 e. The van der Waals surface area contributed by atoms with Crippen LogP contribution in [-0.4, -0.2) is 35.8 Å². The highest BCUT2D eigenvalue weighted by Crippen LogP contribution is 2.20. The summed E-state index contributed by atoms with van der Waals surface area (Å²) in [6, 6.07) is -0.0989. The largest absolute Gasteiger partial charge is 0.340 e. The molecule has 1 N–H and O–H groups in total. The Morgan fingerprint density at radius 1 is 1.53 bits per heavy atom. The van der Waals surface area contributed by atoms with Crippen molar-refractivity contribution in [1.29, 1.82) is 0 Å². The van der Waals surface area contributed by atoms with Gasteiger partial charge in [0.2, 0.25) is 5.91 Å². The van der Waals surface area contributed by atoms with Gasteiger partial charge in [-0.25, -0.2) is 0 Å². The molecule has 0 aromatic heterocycles. The fraction of sp³-hybridized carbons (Fsp3) is 0.692. The zero-order chi connectivity index (χ0) is 13.1. The quantitative estimate of drug-likeness (QED) is 0.720. The number of amides is 2. The van der Waals surface area contributed by atoms with E-state index in [1.165, 1.54) is 0 Å². The van der Waals surface area contributed by atoms with Crippen LogP contribution in [-0.2, 0) is 9.59 Å². The molecular weight excluding hydrogens is 216 g/mol. The van der Waals surface area contributed by atoms with E-state index in [0.717, 1.165) is 6.54 Å². The van der Waals surface area contributed by atoms with Gasteiger partial charge in [0.1, 0.15) is 0 Å². The van der Waals surface area contributed by atoms with Crippen molar-refractivity contribution < 1.29 is 9.59 Å². The second-order valence-electron chi connectivity index (χ2n) is 5.58. The molecule has 1 aliphatic heterocycles. The normalized spacial score (nSPS) is 19.9. The van der Waals surface area contributed by atoms with Gasteiger partial charge in [0.15, 0.2) is 0 Å². The summed E-state index contributed by atoms with van der Waals surface area (Å²) in [7, 11) is 0. The van der Waals surface area contributed by atoms with Crippen LogP contribution in [0.1, 0.15) is 34.1 Å². The van der Waals surface area contributed by atoms with E-state index in [-0.39, 0.29) is 23.3 Å². The van der Waals surface area contributed by atoms with Crippen molar-refractivity contribution in [3.05, 3.63) is 0 Å². The Labute approximate surface area is 103 Å². The van der Waals surface area contributed by atoms with Crippen LogP contribution in [0.5, 0.6) is 0 Å². The molecule has 0 saturated carbocycles. The number of hydrogen-bond donors (Lipinski definition) is 1. The summed E-state index contributed by atoms with van der Waals surface area (Å²) >= 11 is 0. The van der Waals surface area contributed by atoms with E-state index in [0.29, 0.717) is 13.0 Å². The van der Waals surface area contributed by atoms with Crippen LogP contribution in [0.3, 0.4) is 0 Å². The molecule has 17 heavy (non-hydrogen) atoms. The van der Waals surface area contributed by atoms with Crippen LogP contribution < -0.4 is 5.32 Å². The van der Waals surface area contributed by atoms with Gasteiger partial charge in [-0.1, -0.05) is 26.7 Å². The highest BCUT2D eigenvalue weighted by atomic mass is 16.2. The van der Waals surface area contributed by atoms with Crippen LogP contribution in [0, 0.1) is 17.3 Å². The monoisotopic (exact) mass is 236 g/mol. The molecule has 1 fully saturated rings. The fourth-order valence-corrected chi connectivity index (χ4v) is 1.93. The average Bonchev–Trinajstić information content (AvgIpc) is 2.44. The Morgan fingerprint density at radius 3 is 2.71 bits per heavy atom. The average molecular weight is 236 g/mol. The van der Waals surface area contributed by atoms with Crippen molar-refractivity contribution in [3.8, 4) is 11.8 Å². The Bertz CT molecular complexity index is 371. The number of rotatable bonds is 2. The van der Waals surface area contributed by atoms with Gasteiger partial charge in [-0.2, -0.15) is 0 Å². The first-order valence-corrected chi connectivity index (χ1v) is 5.83. The molecule has 4 heteroatoms. The number of carbonyl (C=O) groups is 2. The Hall–Kier alpha value is -1.50. The van der Waals surface area contributed by atoms with Gasteiger partial charge in [0.25, 0.3) is 5.91 Å². The minimum absolute atomic E-state index is 0.0811. The zero-order valence-electron chi connectivity index (χ0n) is 11.0. The van der Waals surface area contributed by atoms with E-state index in [1.807, 2.05) is 4.90 Å². The maximum atomic E-state index is 11.7. The standard InChI is InChI=1S/C13H20N2O2/c1-5-6-11(16)14-10-7-12(17)15(8-10)9-13(2,3)4/h10H,7-9H2,1-4H3,(H,14,16)/t10-/m0/s1. The minimum Gasteiger partial charge on any atom is -0.340 e. The van der Waals surface area contributed by atoms with Crippen molar-refractivity contribution in [1.82, 2.24) is 10.2 Å². The first kappa shape index (κ1) is 13.6. The Kier molecular flexibility index (Phi) is 4.17. The Morgan fingerprint density at radius 2 is 2.18 bits per heavy atom. The van der Waals surface area contributed by atoms with Crippen LogP contribution >= 0.6 is 0 Å². The summed E-state index contributed by atoms with van der Waals surface area (Å²) in [6.45, 7) is 9.20. The molecule has 2 amide bonds. The minimum atomic E-state index is -0.303. The van der Waals surface area contributed by atoms with E-state index in [9.17, 15) is 9.59 Å². The third-order valence-electron chi connectivity index (χ3n) is 2.45. The van der Waals surface area contributed by atoms with E-state index >= 15 is 0 Å². The van der Waals surface area contributed by atoms with Gasteiger partial charge in [-0.3, -0.25) is 9.59 Å². The predicted molar refractivity (Wildman–Crippen MR) is 66.0 cm³/mol. The lowest BCUT2D eigenvalue weighted by molar-refractivity contribution is -0.128. The lowest BCUT2D eigenvalue weighted by Crippen LogP contribution is -2.38. The molecule has 1 saturated heterocycles. The Balaban J connectivity index is 2.51. The van der Waals surface area contributed by atoms with Crippen LogP contribution in [0.2, 0.25) is 0 Å². The number of likely N-dealkylation sites (tertiary alicyclic amines) is 1. The van der Waals surface area contributed by atoms with Crippen LogP contribution in [0.4, 0.5) is 0 Å². The van der Waals surface area contributed by atoms with E-state index in [2.05, 4.69) is 37.9 Å². The number of nitrogens with one attached hydrogen (secondary N) is 1. The molecule has 1 atom stereocenters. The predicted octanol–water partition coefficient (Wildman–Crippen LogP) is 0.773. The fourth-order valence-electron chi connectivity index (χ4n) is 1.93. The van der Waals surface area contributed by atoms with Crippen molar-refractivity contribution in [2.24, 2.45) is 5.41 Å². The number of carbonyl (C=O) groups excluding carboxylic acids is 2. The SMILES string of the molecule is CC#CC(=O)N[C@H]1CC(=O)N(CC(C)(C)C)C1. The molecule has 0 aromatic carbocycles. The molecular formula is C13H20N2O2. The molecule has 1 rings (SSSR count). The second-order valence-corrected chi connectivity index (χ2v) is 5.58. The molecule has 94 valence electrons. The van der Waals surface area contributed by atoms with E-state index in [4.69, 9.17) is 0 Å². The van der Waals surface area contributed by atoms with Gasteiger partial charge in [-0.15, -0.1) is 0 Å². The summed E-state index contributed by atoms with van der Waals surface area (Å²) in [4.78, 5) is 24.8. The highest BCUT2D eigenvalue weighted by molar-refractivity contribution is 5.94.